The van der Waals surface area contributed by atoms with Crippen LogP contribution in [-0.2, 0) is 4.74 Å². The van der Waals surface area contributed by atoms with E-state index in [1.807, 2.05) is 36.2 Å². The van der Waals surface area contributed by atoms with Gasteiger partial charge < -0.3 is 19.7 Å². The van der Waals surface area contributed by atoms with E-state index in [9.17, 15) is 0 Å². The molecule has 0 aromatic heterocycles. The van der Waals surface area contributed by atoms with Crippen LogP contribution in [0.15, 0.2) is 29.3 Å². The predicted molar refractivity (Wildman–Crippen MR) is 87.4 cm³/mol. The number of nitrogens with one attached hydrogen (secondary N) is 1. The zero-order valence-corrected chi connectivity index (χ0v) is 13.7. The lowest BCUT2D eigenvalue weighted by Crippen LogP contribution is -2.41. The fourth-order valence-electron chi connectivity index (χ4n) is 1.74. The van der Waals surface area contributed by atoms with Crippen LogP contribution in [0.2, 0.25) is 5.02 Å². The molecule has 118 valence electrons. The van der Waals surface area contributed by atoms with E-state index in [0.29, 0.717) is 11.6 Å². The number of nitrogens with zero attached hydrogens (tertiary/aromatic N) is 2. The number of hydrogen-bond donors (Lipinski definition) is 1. The summed E-state index contributed by atoms with van der Waals surface area (Å²) in [7, 11) is 5.46. The molecule has 1 rings (SSSR count). The van der Waals surface area contributed by atoms with Crippen LogP contribution in [0.1, 0.15) is 6.42 Å². The van der Waals surface area contributed by atoms with Gasteiger partial charge in [-0.05, 0) is 30.7 Å². The van der Waals surface area contributed by atoms with Crippen LogP contribution in [0.5, 0.6) is 5.75 Å². The molecule has 0 amide bonds. The minimum Gasteiger partial charge on any atom is -0.492 e. The third kappa shape index (κ3) is 7.20. The molecule has 21 heavy (non-hydrogen) atoms. The second-order valence-corrected chi connectivity index (χ2v) is 4.98. The van der Waals surface area contributed by atoms with Gasteiger partial charge in [0.1, 0.15) is 12.4 Å². The van der Waals surface area contributed by atoms with Crippen molar-refractivity contribution < 1.29 is 9.47 Å². The summed E-state index contributed by atoms with van der Waals surface area (Å²) in [5.74, 6) is 1.67. The van der Waals surface area contributed by atoms with E-state index in [0.717, 1.165) is 37.8 Å². The molecular formula is C15H24ClN3O2. The van der Waals surface area contributed by atoms with Crippen molar-refractivity contribution in [2.75, 3.05) is 47.5 Å². The number of methoxy groups -OCH3 is 1. The van der Waals surface area contributed by atoms with Gasteiger partial charge in [-0.15, -0.1) is 0 Å². The molecule has 0 heterocycles. The number of aliphatic imine (C=N–C) groups is 1. The van der Waals surface area contributed by atoms with Crippen LogP contribution in [0.4, 0.5) is 0 Å². The molecule has 1 aromatic carbocycles. The monoisotopic (exact) mass is 313 g/mol. The van der Waals surface area contributed by atoms with Gasteiger partial charge in [0.05, 0.1) is 6.54 Å². The summed E-state index contributed by atoms with van der Waals surface area (Å²) in [4.78, 5) is 6.27. The van der Waals surface area contributed by atoms with Crippen LogP contribution in [0.25, 0.3) is 0 Å². The second-order valence-electron chi connectivity index (χ2n) is 4.54. The molecule has 1 N–H and O–H groups in total. The number of ether oxygens (including phenoxy) is 2. The molecule has 0 bridgehead atoms. The lowest BCUT2D eigenvalue weighted by atomic mass is 10.3. The Morgan fingerprint density at radius 2 is 2.00 bits per heavy atom. The van der Waals surface area contributed by atoms with Crippen LogP contribution >= 0.6 is 11.6 Å². The van der Waals surface area contributed by atoms with Crippen LogP contribution in [-0.4, -0.2) is 58.4 Å². The van der Waals surface area contributed by atoms with Crippen molar-refractivity contribution in [3.63, 3.8) is 0 Å². The number of hydrogen-bond acceptors (Lipinski definition) is 3. The van der Waals surface area contributed by atoms with E-state index in [1.165, 1.54) is 0 Å². The SMILES string of the molecule is CN=C(NCCCOC)N(C)CCOc1ccc(Cl)cc1. The Balaban J connectivity index is 2.27. The van der Waals surface area contributed by atoms with E-state index in [1.54, 1.807) is 14.2 Å². The fourth-order valence-corrected chi connectivity index (χ4v) is 1.86. The molecule has 0 saturated carbocycles. The number of likely N-dealkylation sites (N-methyl/N-ethyl adjacent to an activating group) is 1. The molecule has 0 aliphatic carbocycles. The Kier molecular flexibility index (Phi) is 8.62. The highest BCUT2D eigenvalue weighted by Crippen LogP contribution is 2.15. The molecule has 0 unspecified atom stereocenters. The normalized spacial score (nSPS) is 11.3. The van der Waals surface area contributed by atoms with Crippen LogP contribution in [0, 0.1) is 0 Å². The standard InChI is InChI=1S/C15H24ClN3O2/c1-17-15(18-9-4-11-20-3)19(2)10-12-21-14-7-5-13(16)6-8-14/h5-8H,4,9-12H2,1-3H3,(H,17,18). The first-order chi connectivity index (χ1) is 10.2. The zero-order valence-electron chi connectivity index (χ0n) is 12.9. The Bertz CT molecular complexity index is 423. The van der Waals surface area contributed by atoms with Crippen molar-refractivity contribution >= 4 is 17.6 Å². The highest BCUT2D eigenvalue weighted by molar-refractivity contribution is 6.30. The summed E-state index contributed by atoms with van der Waals surface area (Å²) >= 11 is 5.83. The van der Waals surface area contributed by atoms with E-state index in [2.05, 4.69) is 10.3 Å². The molecule has 0 fully saturated rings. The van der Waals surface area contributed by atoms with Crippen molar-refractivity contribution in [1.29, 1.82) is 0 Å². The van der Waals surface area contributed by atoms with E-state index >= 15 is 0 Å². The van der Waals surface area contributed by atoms with E-state index in [-0.39, 0.29) is 0 Å². The second kappa shape index (κ2) is 10.3. The van der Waals surface area contributed by atoms with Gasteiger partial charge in [-0.3, -0.25) is 4.99 Å². The summed E-state index contributed by atoms with van der Waals surface area (Å²) in [6.45, 7) is 2.90. The average molecular weight is 314 g/mol. The van der Waals surface area contributed by atoms with Gasteiger partial charge in [0.25, 0.3) is 0 Å². The Hall–Kier alpha value is -1.46. The quantitative estimate of drug-likeness (QED) is 0.454. The summed E-state index contributed by atoms with van der Waals surface area (Å²) in [5.41, 5.74) is 0. The maximum absolute atomic E-state index is 5.83. The number of rotatable bonds is 8. The Labute approximate surface area is 131 Å². The molecule has 6 heteroatoms. The molecular weight excluding hydrogens is 290 g/mol. The van der Waals surface area contributed by atoms with Gasteiger partial charge >= 0.3 is 0 Å². The van der Waals surface area contributed by atoms with Crippen molar-refractivity contribution in [3.8, 4) is 5.75 Å². The number of guanidine groups is 1. The first-order valence-corrected chi connectivity index (χ1v) is 7.34. The molecule has 1 aromatic rings. The largest absolute Gasteiger partial charge is 0.492 e. The van der Waals surface area contributed by atoms with Gasteiger partial charge in [-0.1, -0.05) is 11.6 Å². The van der Waals surface area contributed by atoms with Gasteiger partial charge in [0.2, 0.25) is 0 Å². The molecule has 0 saturated heterocycles. The third-order valence-electron chi connectivity index (χ3n) is 2.89. The summed E-state index contributed by atoms with van der Waals surface area (Å²) in [6.07, 6.45) is 0.949. The highest BCUT2D eigenvalue weighted by atomic mass is 35.5. The van der Waals surface area contributed by atoms with Crippen LogP contribution < -0.4 is 10.1 Å². The summed E-state index contributed by atoms with van der Waals surface area (Å²) < 4.78 is 10.7. The highest BCUT2D eigenvalue weighted by Gasteiger charge is 2.05. The van der Waals surface area contributed by atoms with Crippen molar-refractivity contribution in [1.82, 2.24) is 10.2 Å². The van der Waals surface area contributed by atoms with Crippen molar-refractivity contribution in [2.45, 2.75) is 6.42 Å². The fraction of sp³-hybridized carbons (Fsp3) is 0.533. The maximum atomic E-state index is 5.83. The van der Waals surface area contributed by atoms with Gasteiger partial charge in [-0.25, -0.2) is 0 Å². The molecule has 0 aliphatic heterocycles. The first kappa shape index (κ1) is 17.6. The Morgan fingerprint density at radius 3 is 2.62 bits per heavy atom. The van der Waals surface area contributed by atoms with E-state index < -0.39 is 0 Å². The van der Waals surface area contributed by atoms with Crippen LogP contribution in [0.3, 0.4) is 0 Å². The molecule has 5 nitrogen and oxygen atoms in total. The maximum Gasteiger partial charge on any atom is 0.193 e. The minimum atomic E-state index is 0.580. The smallest absolute Gasteiger partial charge is 0.193 e. The number of halogens is 1. The van der Waals surface area contributed by atoms with Gasteiger partial charge in [0.15, 0.2) is 5.96 Å². The van der Waals surface area contributed by atoms with Gasteiger partial charge in [-0.2, -0.15) is 0 Å². The number of benzene rings is 1. The average Bonchev–Trinajstić information content (AvgIpc) is 2.49. The molecule has 0 atom stereocenters. The molecule has 0 aliphatic rings. The lowest BCUT2D eigenvalue weighted by molar-refractivity contribution is 0.195. The predicted octanol–water partition coefficient (Wildman–Crippen LogP) is 2.26. The van der Waals surface area contributed by atoms with Crippen molar-refractivity contribution in [2.24, 2.45) is 4.99 Å². The third-order valence-corrected chi connectivity index (χ3v) is 3.14. The molecule has 0 radical (unpaired) electrons. The lowest BCUT2D eigenvalue weighted by Gasteiger charge is -2.22. The first-order valence-electron chi connectivity index (χ1n) is 6.96. The summed E-state index contributed by atoms with van der Waals surface area (Å²) in [6, 6.07) is 7.36. The summed E-state index contributed by atoms with van der Waals surface area (Å²) in [5, 5.41) is 3.99. The van der Waals surface area contributed by atoms with Gasteiger partial charge in [0, 0.05) is 39.4 Å². The topological polar surface area (TPSA) is 46.1 Å². The Morgan fingerprint density at radius 1 is 1.29 bits per heavy atom. The minimum absolute atomic E-state index is 0.580. The van der Waals surface area contributed by atoms with Crippen molar-refractivity contribution in [3.05, 3.63) is 29.3 Å². The zero-order chi connectivity index (χ0) is 15.5. The van der Waals surface area contributed by atoms with E-state index in [4.69, 9.17) is 21.1 Å². The molecule has 0 spiro atoms.